The molecule has 2 amide bonds. The van der Waals surface area contributed by atoms with Crippen LogP contribution in [-0.4, -0.2) is 18.9 Å². The van der Waals surface area contributed by atoms with Gasteiger partial charge in [-0.05, 0) is 42.5 Å². The summed E-state index contributed by atoms with van der Waals surface area (Å²) in [7, 11) is 1.34. The van der Waals surface area contributed by atoms with E-state index in [9.17, 15) is 18.4 Å². The van der Waals surface area contributed by atoms with Gasteiger partial charge in [0.1, 0.15) is 5.75 Å². The Morgan fingerprint density at radius 3 is 1.90 bits per heavy atom. The van der Waals surface area contributed by atoms with E-state index in [1.165, 1.54) is 61.7 Å². The zero-order valence-corrected chi connectivity index (χ0v) is 16.9. The van der Waals surface area contributed by atoms with Crippen molar-refractivity contribution in [3.63, 3.8) is 0 Å². The first-order chi connectivity index (χ1) is 14.3. The van der Waals surface area contributed by atoms with Gasteiger partial charge in [-0.1, -0.05) is 35.3 Å². The number of ether oxygens (including phenoxy) is 1. The third-order valence-electron chi connectivity index (χ3n) is 4.11. The van der Waals surface area contributed by atoms with E-state index in [1.54, 1.807) is 0 Å². The highest BCUT2D eigenvalue weighted by Gasteiger charge is 2.19. The minimum absolute atomic E-state index is 0.0314. The molecule has 3 rings (SSSR count). The van der Waals surface area contributed by atoms with Gasteiger partial charge in [0.15, 0.2) is 11.6 Å². The van der Waals surface area contributed by atoms with E-state index in [0.29, 0.717) is 0 Å². The molecule has 0 aliphatic heterocycles. The maximum absolute atomic E-state index is 14.1. The van der Waals surface area contributed by atoms with Gasteiger partial charge in [-0.15, -0.1) is 0 Å². The lowest BCUT2D eigenvalue weighted by Crippen LogP contribution is -2.17. The normalized spacial score (nSPS) is 10.4. The Morgan fingerprint density at radius 2 is 1.37 bits per heavy atom. The Bertz CT molecular complexity index is 1140. The van der Waals surface area contributed by atoms with Crippen LogP contribution in [-0.2, 0) is 0 Å². The number of hydrogen-bond acceptors (Lipinski definition) is 3. The second kappa shape index (κ2) is 9.11. The molecular formula is C21H14Cl2F2N2O3. The summed E-state index contributed by atoms with van der Waals surface area (Å²) in [5.74, 6) is -2.83. The topological polar surface area (TPSA) is 67.4 Å². The van der Waals surface area contributed by atoms with Gasteiger partial charge in [0.05, 0.1) is 34.1 Å². The Hall–Kier alpha value is -3.16. The standard InChI is InChI=1S/C21H14Cl2F2N2O3/c1-30-17-9-8-11(20(28)26-15-6-2-4-13(22)18(15)24)10-12(17)21(29)27-16-7-3-5-14(23)19(16)25/h2-10H,1H3,(H,26,28)(H,27,29). The van der Waals surface area contributed by atoms with Gasteiger partial charge in [-0.2, -0.15) is 0 Å². The summed E-state index contributed by atoms with van der Waals surface area (Å²) in [6.45, 7) is 0. The van der Waals surface area contributed by atoms with Crippen molar-refractivity contribution >= 4 is 46.4 Å². The lowest BCUT2D eigenvalue weighted by atomic mass is 10.1. The highest BCUT2D eigenvalue weighted by atomic mass is 35.5. The van der Waals surface area contributed by atoms with Crippen LogP contribution in [0.4, 0.5) is 20.2 Å². The van der Waals surface area contributed by atoms with Gasteiger partial charge >= 0.3 is 0 Å². The molecule has 2 N–H and O–H groups in total. The van der Waals surface area contributed by atoms with Crippen LogP contribution in [0.2, 0.25) is 10.0 Å². The molecule has 9 heteroatoms. The molecule has 0 spiro atoms. The van der Waals surface area contributed by atoms with Gasteiger partial charge in [0, 0.05) is 5.56 Å². The molecule has 0 aliphatic carbocycles. The Morgan fingerprint density at radius 1 is 0.833 bits per heavy atom. The van der Waals surface area contributed by atoms with Crippen molar-refractivity contribution in [2.24, 2.45) is 0 Å². The number of anilines is 2. The molecule has 30 heavy (non-hydrogen) atoms. The van der Waals surface area contributed by atoms with Crippen LogP contribution in [0, 0.1) is 11.6 Å². The molecule has 154 valence electrons. The van der Waals surface area contributed by atoms with E-state index >= 15 is 0 Å². The van der Waals surface area contributed by atoms with Crippen molar-refractivity contribution in [1.29, 1.82) is 0 Å². The minimum atomic E-state index is -0.795. The van der Waals surface area contributed by atoms with Crippen molar-refractivity contribution in [1.82, 2.24) is 0 Å². The third-order valence-corrected chi connectivity index (χ3v) is 4.69. The summed E-state index contributed by atoms with van der Waals surface area (Å²) < 4.78 is 33.3. The van der Waals surface area contributed by atoms with Crippen LogP contribution >= 0.6 is 23.2 Å². The lowest BCUT2D eigenvalue weighted by molar-refractivity contribution is 0.102. The number of methoxy groups -OCH3 is 1. The van der Waals surface area contributed by atoms with Gasteiger partial charge < -0.3 is 15.4 Å². The Labute approximate surface area is 180 Å². The average molecular weight is 451 g/mol. The molecular weight excluding hydrogens is 437 g/mol. The van der Waals surface area contributed by atoms with Crippen LogP contribution in [0.25, 0.3) is 0 Å². The molecule has 0 aliphatic rings. The predicted molar refractivity (Wildman–Crippen MR) is 112 cm³/mol. The SMILES string of the molecule is COc1ccc(C(=O)Nc2cccc(Cl)c2F)cc1C(=O)Nc1cccc(Cl)c1F. The van der Waals surface area contributed by atoms with Gasteiger partial charge in [0.25, 0.3) is 11.8 Å². The molecule has 3 aromatic carbocycles. The van der Waals surface area contributed by atoms with E-state index in [1.807, 2.05) is 0 Å². The number of nitrogens with one attached hydrogen (secondary N) is 2. The highest BCUT2D eigenvalue weighted by molar-refractivity contribution is 6.31. The second-order valence-electron chi connectivity index (χ2n) is 6.03. The number of hydrogen-bond donors (Lipinski definition) is 2. The van der Waals surface area contributed by atoms with Crippen LogP contribution in [0.1, 0.15) is 20.7 Å². The fourth-order valence-electron chi connectivity index (χ4n) is 2.61. The maximum Gasteiger partial charge on any atom is 0.259 e. The minimum Gasteiger partial charge on any atom is -0.496 e. The maximum atomic E-state index is 14.1. The lowest BCUT2D eigenvalue weighted by Gasteiger charge is -2.13. The van der Waals surface area contributed by atoms with Crippen LogP contribution in [0.3, 0.4) is 0 Å². The molecule has 0 radical (unpaired) electrons. The largest absolute Gasteiger partial charge is 0.496 e. The molecule has 0 saturated heterocycles. The molecule has 0 bridgehead atoms. The summed E-state index contributed by atoms with van der Waals surface area (Å²) in [5, 5.41) is 4.47. The molecule has 0 atom stereocenters. The molecule has 0 aromatic heterocycles. The Kier molecular flexibility index (Phi) is 6.54. The first-order valence-corrected chi connectivity index (χ1v) is 9.26. The summed E-state index contributed by atoms with van der Waals surface area (Å²) in [5.41, 5.74) is -0.233. The van der Waals surface area contributed by atoms with Crippen molar-refractivity contribution in [3.05, 3.63) is 87.4 Å². The van der Waals surface area contributed by atoms with E-state index in [4.69, 9.17) is 27.9 Å². The molecule has 0 fully saturated rings. The fraction of sp³-hybridized carbons (Fsp3) is 0.0476. The first-order valence-electron chi connectivity index (χ1n) is 8.50. The van der Waals surface area contributed by atoms with Crippen molar-refractivity contribution < 1.29 is 23.1 Å². The van der Waals surface area contributed by atoms with Crippen molar-refractivity contribution in [2.75, 3.05) is 17.7 Å². The monoisotopic (exact) mass is 450 g/mol. The summed E-state index contributed by atoms with van der Waals surface area (Å²) in [4.78, 5) is 25.2. The van der Waals surface area contributed by atoms with E-state index < -0.39 is 23.4 Å². The van der Waals surface area contributed by atoms with E-state index in [0.717, 1.165) is 0 Å². The fourth-order valence-corrected chi connectivity index (χ4v) is 2.96. The van der Waals surface area contributed by atoms with E-state index in [-0.39, 0.29) is 38.3 Å². The highest BCUT2D eigenvalue weighted by Crippen LogP contribution is 2.26. The summed E-state index contributed by atoms with van der Waals surface area (Å²) >= 11 is 11.4. The average Bonchev–Trinajstić information content (AvgIpc) is 2.74. The van der Waals surface area contributed by atoms with Crippen molar-refractivity contribution in [2.45, 2.75) is 0 Å². The van der Waals surface area contributed by atoms with Crippen molar-refractivity contribution in [3.8, 4) is 5.75 Å². The van der Waals surface area contributed by atoms with Crippen LogP contribution in [0.15, 0.2) is 54.6 Å². The zero-order valence-electron chi connectivity index (χ0n) is 15.4. The third kappa shape index (κ3) is 4.53. The summed E-state index contributed by atoms with van der Waals surface area (Å²) in [6.07, 6.45) is 0. The zero-order chi connectivity index (χ0) is 21.8. The quantitative estimate of drug-likeness (QED) is 0.517. The molecule has 0 unspecified atom stereocenters. The smallest absolute Gasteiger partial charge is 0.259 e. The predicted octanol–water partition coefficient (Wildman–Crippen LogP) is 5.78. The molecule has 3 aromatic rings. The Balaban J connectivity index is 1.89. The molecule has 0 heterocycles. The number of benzene rings is 3. The van der Waals surface area contributed by atoms with Crippen LogP contribution in [0.5, 0.6) is 5.75 Å². The molecule has 5 nitrogen and oxygen atoms in total. The van der Waals surface area contributed by atoms with Crippen LogP contribution < -0.4 is 15.4 Å². The van der Waals surface area contributed by atoms with Gasteiger partial charge in [-0.25, -0.2) is 8.78 Å². The number of carbonyl (C=O) groups excluding carboxylic acids is 2. The number of carbonyl (C=O) groups is 2. The second-order valence-corrected chi connectivity index (χ2v) is 6.84. The van der Waals surface area contributed by atoms with E-state index in [2.05, 4.69) is 10.6 Å². The first kappa shape index (κ1) is 21.5. The number of amides is 2. The van der Waals surface area contributed by atoms with Gasteiger partial charge in [-0.3, -0.25) is 9.59 Å². The van der Waals surface area contributed by atoms with Gasteiger partial charge in [0.2, 0.25) is 0 Å². The number of rotatable bonds is 5. The number of halogens is 4. The molecule has 0 saturated carbocycles. The summed E-state index contributed by atoms with van der Waals surface area (Å²) in [6, 6.07) is 12.4.